The Balaban J connectivity index is 2.89. The Morgan fingerprint density at radius 3 is 2.64 bits per heavy atom. The first kappa shape index (κ1) is 10.7. The summed E-state index contributed by atoms with van der Waals surface area (Å²) < 4.78 is 0. The van der Waals surface area contributed by atoms with Crippen LogP contribution in [0.3, 0.4) is 0 Å². The molecule has 0 amide bonds. The standard InChI is InChI=1S/C11H15NO2/c1-11(2,12)7-8-4-3-5-9(6-8)10(13)14/h3-6H,7,12H2,1-2H3,(H,13,14). The van der Waals surface area contributed by atoms with Crippen LogP contribution >= 0.6 is 0 Å². The van der Waals surface area contributed by atoms with E-state index < -0.39 is 5.97 Å². The molecule has 0 heterocycles. The van der Waals surface area contributed by atoms with Crippen molar-refractivity contribution in [1.82, 2.24) is 0 Å². The first-order chi connectivity index (χ1) is 6.38. The van der Waals surface area contributed by atoms with Gasteiger partial charge in [0.1, 0.15) is 0 Å². The molecule has 0 fully saturated rings. The van der Waals surface area contributed by atoms with Gasteiger partial charge in [0.25, 0.3) is 0 Å². The SMILES string of the molecule is CC(C)(N)Cc1cccc(C(=O)O)c1. The van der Waals surface area contributed by atoms with Crippen molar-refractivity contribution in [3.8, 4) is 0 Å². The molecule has 0 bridgehead atoms. The Hall–Kier alpha value is -1.35. The molecule has 0 aliphatic rings. The molecule has 1 rings (SSSR count). The van der Waals surface area contributed by atoms with E-state index in [0.29, 0.717) is 12.0 Å². The predicted octanol–water partition coefficient (Wildman–Crippen LogP) is 1.66. The number of carboxylic acid groups (broad SMARTS) is 1. The molecule has 1 aromatic carbocycles. The van der Waals surface area contributed by atoms with Gasteiger partial charge in [-0.05, 0) is 38.0 Å². The average Bonchev–Trinajstić information content (AvgIpc) is 2.01. The summed E-state index contributed by atoms with van der Waals surface area (Å²) in [6.45, 7) is 3.83. The lowest BCUT2D eigenvalue weighted by Crippen LogP contribution is -2.34. The lowest BCUT2D eigenvalue weighted by molar-refractivity contribution is 0.0696. The second kappa shape index (κ2) is 3.80. The summed E-state index contributed by atoms with van der Waals surface area (Å²) in [5.41, 5.74) is 6.81. The van der Waals surface area contributed by atoms with Crippen molar-refractivity contribution < 1.29 is 9.90 Å². The van der Waals surface area contributed by atoms with Crippen molar-refractivity contribution in [3.05, 3.63) is 35.4 Å². The topological polar surface area (TPSA) is 63.3 Å². The van der Waals surface area contributed by atoms with E-state index in [1.54, 1.807) is 18.2 Å². The van der Waals surface area contributed by atoms with Crippen LogP contribution in [0.2, 0.25) is 0 Å². The third kappa shape index (κ3) is 3.18. The fourth-order valence-electron chi connectivity index (χ4n) is 1.34. The second-order valence-electron chi connectivity index (χ2n) is 4.17. The molecule has 0 aliphatic heterocycles. The number of hydrogen-bond donors (Lipinski definition) is 2. The Kier molecular flexibility index (Phi) is 2.91. The van der Waals surface area contributed by atoms with E-state index in [-0.39, 0.29) is 5.54 Å². The maximum Gasteiger partial charge on any atom is 0.335 e. The van der Waals surface area contributed by atoms with Crippen LogP contribution in [0.5, 0.6) is 0 Å². The summed E-state index contributed by atoms with van der Waals surface area (Å²) >= 11 is 0. The van der Waals surface area contributed by atoms with Crippen molar-refractivity contribution in [1.29, 1.82) is 0 Å². The van der Waals surface area contributed by atoms with Crippen LogP contribution in [0.1, 0.15) is 29.8 Å². The Bertz CT molecular complexity index is 339. The number of hydrogen-bond acceptors (Lipinski definition) is 2. The summed E-state index contributed by atoms with van der Waals surface area (Å²) in [7, 11) is 0. The predicted molar refractivity (Wildman–Crippen MR) is 55.4 cm³/mol. The van der Waals surface area contributed by atoms with Crippen molar-refractivity contribution >= 4 is 5.97 Å². The van der Waals surface area contributed by atoms with E-state index in [4.69, 9.17) is 10.8 Å². The molecule has 0 radical (unpaired) electrons. The van der Waals surface area contributed by atoms with E-state index >= 15 is 0 Å². The summed E-state index contributed by atoms with van der Waals surface area (Å²) in [5.74, 6) is -0.901. The number of carbonyl (C=O) groups is 1. The molecule has 3 nitrogen and oxygen atoms in total. The molecular formula is C11H15NO2. The molecule has 0 saturated carbocycles. The fourth-order valence-corrected chi connectivity index (χ4v) is 1.34. The molecule has 0 spiro atoms. The lowest BCUT2D eigenvalue weighted by Gasteiger charge is -2.18. The molecule has 14 heavy (non-hydrogen) atoms. The maximum absolute atomic E-state index is 10.7. The quantitative estimate of drug-likeness (QED) is 0.767. The normalized spacial score (nSPS) is 11.4. The van der Waals surface area contributed by atoms with Gasteiger partial charge in [0.05, 0.1) is 5.56 Å². The van der Waals surface area contributed by atoms with Gasteiger partial charge < -0.3 is 10.8 Å². The van der Waals surface area contributed by atoms with Crippen molar-refractivity contribution in [3.63, 3.8) is 0 Å². The molecule has 3 N–H and O–H groups in total. The van der Waals surface area contributed by atoms with Gasteiger partial charge in [-0.1, -0.05) is 12.1 Å². The van der Waals surface area contributed by atoms with Crippen LogP contribution in [0.25, 0.3) is 0 Å². The fraction of sp³-hybridized carbons (Fsp3) is 0.364. The summed E-state index contributed by atoms with van der Waals surface area (Å²) in [4.78, 5) is 10.7. The van der Waals surface area contributed by atoms with Gasteiger partial charge in [0.2, 0.25) is 0 Å². The zero-order valence-electron chi connectivity index (χ0n) is 8.45. The molecule has 0 unspecified atom stereocenters. The molecule has 1 aromatic rings. The highest BCUT2D eigenvalue weighted by Crippen LogP contribution is 2.11. The van der Waals surface area contributed by atoms with Gasteiger partial charge in [0.15, 0.2) is 0 Å². The number of aromatic carboxylic acids is 1. The van der Waals surface area contributed by atoms with E-state index in [1.165, 1.54) is 0 Å². The zero-order valence-corrected chi connectivity index (χ0v) is 8.45. The van der Waals surface area contributed by atoms with Crippen LogP contribution in [-0.2, 0) is 6.42 Å². The average molecular weight is 193 g/mol. The largest absolute Gasteiger partial charge is 0.478 e. The first-order valence-electron chi connectivity index (χ1n) is 4.49. The van der Waals surface area contributed by atoms with Gasteiger partial charge in [-0.3, -0.25) is 0 Å². The van der Waals surface area contributed by atoms with E-state index in [1.807, 2.05) is 19.9 Å². The number of benzene rings is 1. The van der Waals surface area contributed by atoms with Gasteiger partial charge >= 0.3 is 5.97 Å². The van der Waals surface area contributed by atoms with Crippen LogP contribution in [0.15, 0.2) is 24.3 Å². The van der Waals surface area contributed by atoms with Crippen molar-refractivity contribution in [2.45, 2.75) is 25.8 Å². The lowest BCUT2D eigenvalue weighted by atomic mass is 9.95. The zero-order chi connectivity index (χ0) is 10.8. The van der Waals surface area contributed by atoms with Crippen molar-refractivity contribution in [2.24, 2.45) is 5.73 Å². The molecule has 3 heteroatoms. The highest BCUT2D eigenvalue weighted by molar-refractivity contribution is 5.87. The van der Waals surface area contributed by atoms with E-state index in [2.05, 4.69) is 0 Å². The van der Waals surface area contributed by atoms with Crippen LogP contribution in [0, 0.1) is 0 Å². The third-order valence-electron chi connectivity index (χ3n) is 1.83. The summed E-state index contributed by atoms with van der Waals surface area (Å²) in [6.07, 6.45) is 0.675. The van der Waals surface area contributed by atoms with E-state index in [0.717, 1.165) is 5.56 Å². The Morgan fingerprint density at radius 2 is 2.14 bits per heavy atom. The molecule has 0 aliphatic carbocycles. The summed E-state index contributed by atoms with van der Waals surface area (Å²) in [6, 6.07) is 6.87. The maximum atomic E-state index is 10.7. The highest BCUT2D eigenvalue weighted by Gasteiger charge is 2.12. The van der Waals surface area contributed by atoms with Crippen LogP contribution in [-0.4, -0.2) is 16.6 Å². The second-order valence-corrected chi connectivity index (χ2v) is 4.17. The molecule has 76 valence electrons. The Labute approximate surface area is 83.6 Å². The third-order valence-corrected chi connectivity index (χ3v) is 1.83. The van der Waals surface area contributed by atoms with Crippen LogP contribution in [0.4, 0.5) is 0 Å². The van der Waals surface area contributed by atoms with Crippen LogP contribution < -0.4 is 5.73 Å². The number of nitrogens with two attached hydrogens (primary N) is 1. The van der Waals surface area contributed by atoms with Gasteiger partial charge in [0, 0.05) is 5.54 Å². The number of rotatable bonds is 3. The molecule has 0 saturated heterocycles. The monoisotopic (exact) mass is 193 g/mol. The first-order valence-corrected chi connectivity index (χ1v) is 4.49. The Morgan fingerprint density at radius 1 is 1.50 bits per heavy atom. The van der Waals surface area contributed by atoms with Crippen molar-refractivity contribution in [2.75, 3.05) is 0 Å². The minimum absolute atomic E-state index is 0.308. The van der Waals surface area contributed by atoms with Gasteiger partial charge in [-0.2, -0.15) is 0 Å². The number of carboxylic acids is 1. The minimum Gasteiger partial charge on any atom is -0.478 e. The molecule has 0 atom stereocenters. The smallest absolute Gasteiger partial charge is 0.335 e. The van der Waals surface area contributed by atoms with E-state index in [9.17, 15) is 4.79 Å². The minimum atomic E-state index is -0.901. The molecular weight excluding hydrogens is 178 g/mol. The summed E-state index contributed by atoms with van der Waals surface area (Å²) in [5, 5.41) is 8.78. The van der Waals surface area contributed by atoms with Gasteiger partial charge in [-0.15, -0.1) is 0 Å². The van der Waals surface area contributed by atoms with Gasteiger partial charge in [-0.25, -0.2) is 4.79 Å². The molecule has 0 aromatic heterocycles. The highest BCUT2D eigenvalue weighted by atomic mass is 16.4.